The molecule has 0 bridgehead atoms. The summed E-state index contributed by atoms with van der Waals surface area (Å²) in [5, 5.41) is -0.267. The SMILES string of the molecule is CCS(=O)(=O)C1CSCCN1CC1(CCN)CC1. The lowest BCUT2D eigenvalue weighted by Gasteiger charge is -2.37. The summed E-state index contributed by atoms with van der Waals surface area (Å²) in [6.07, 6.45) is 3.47. The van der Waals surface area contributed by atoms with E-state index in [4.69, 9.17) is 5.73 Å². The van der Waals surface area contributed by atoms with Gasteiger partial charge in [-0.2, -0.15) is 11.8 Å². The Hall–Kier alpha value is 0.220. The summed E-state index contributed by atoms with van der Waals surface area (Å²) < 4.78 is 24.3. The molecule has 4 nitrogen and oxygen atoms in total. The van der Waals surface area contributed by atoms with Gasteiger partial charge < -0.3 is 5.73 Å². The zero-order valence-corrected chi connectivity index (χ0v) is 12.7. The third-order valence-electron chi connectivity index (χ3n) is 4.18. The van der Waals surface area contributed by atoms with Crippen molar-refractivity contribution in [3.8, 4) is 0 Å². The summed E-state index contributed by atoms with van der Waals surface area (Å²) >= 11 is 1.76. The van der Waals surface area contributed by atoms with Crippen molar-refractivity contribution >= 4 is 21.6 Å². The molecular weight excluding hydrogens is 268 g/mol. The molecule has 0 radical (unpaired) electrons. The maximum absolute atomic E-state index is 12.1. The third-order valence-corrected chi connectivity index (χ3v) is 7.51. The van der Waals surface area contributed by atoms with Crippen LogP contribution in [-0.4, -0.2) is 55.6 Å². The molecule has 18 heavy (non-hydrogen) atoms. The van der Waals surface area contributed by atoms with Crippen LogP contribution in [-0.2, 0) is 9.84 Å². The summed E-state index contributed by atoms with van der Waals surface area (Å²) in [6, 6.07) is 0. The zero-order chi connectivity index (χ0) is 13.2. The van der Waals surface area contributed by atoms with Gasteiger partial charge in [-0.1, -0.05) is 6.92 Å². The molecule has 1 saturated heterocycles. The largest absolute Gasteiger partial charge is 0.330 e. The molecule has 0 aromatic carbocycles. The lowest BCUT2D eigenvalue weighted by Crippen LogP contribution is -2.50. The van der Waals surface area contributed by atoms with Gasteiger partial charge in [0.15, 0.2) is 9.84 Å². The van der Waals surface area contributed by atoms with Crippen molar-refractivity contribution in [3.05, 3.63) is 0 Å². The highest BCUT2D eigenvalue weighted by molar-refractivity contribution is 8.01. The van der Waals surface area contributed by atoms with Crippen LogP contribution in [0.1, 0.15) is 26.2 Å². The second-order valence-corrected chi connectivity index (χ2v) is 9.09. The smallest absolute Gasteiger partial charge is 0.166 e. The predicted molar refractivity (Wildman–Crippen MR) is 77.5 cm³/mol. The van der Waals surface area contributed by atoms with E-state index < -0.39 is 9.84 Å². The van der Waals surface area contributed by atoms with E-state index in [9.17, 15) is 8.42 Å². The molecular formula is C12H24N2O2S2. The fraction of sp³-hybridized carbons (Fsp3) is 1.00. The Bertz CT molecular complexity index is 380. The maximum atomic E-state index is 12.1. The first kappa shape index (κ1) is 14.6. The highest BCUT2D eigenvalue weighted by Crippen LogP contribution is 2.49. The summed E-state index contributed by atoms with van der Waals surface area (Å²) in [5.74, 6) is 2.03. The minimum atomic E-state index is -2.96. The van der Waals surface area contributed by atoms with E-state index in [0.717, 1.165) is 31.0 Å². The van der Waals surface area contributed by atoms with Crippen molar-refractivity contribution in [2.45, 2.75) is 31.6 Å². The molecule has 1 saturated carbocycles. The molecule has 2 fully saturated rings. The Kier molecular flexibility index (Phi) is 4.62. The molecule has 2 N–H and O–H groups in total. The topological polar surface area (TPSA) is 63.4 Å². The van der Waals surface area contributed by atoms with Crippen molar-refractivity contribution in [2.75, 3.05) is 36.9 Å². The van der Waals surface area contributed by atoms with E-state index >= 15 is 0 Å². The molecule has 0 spiro atoms. The first-order chi connectivity index (χ1) is 8.53. The van der Waals surface area contributed by atoms with E-state index in [0.29, 0.717) is 12.0 Å². The molecule has 2 rings (SSSR count). The van der Waals surface area contributed by atoms with Crippen LogP contribution in [0, 0.1) is 5.41 Å². The Morgan fingerprint density at radius 1 is 1.44 bits per heavy atom. The molecule has 0 aromatic rings. The van der Waals surface area contributed by atoms with Crippen LogP contribution in [0.5, 0.6) is 0 Å². The highest BCUT2D eigenvalue weighted by Gasteiger charge is 2.45. The number of thioether (sulfide) groups is 1. The number of rotatable bonds is 6. The molecule has 106 valence electrons. The molecule has 6 heteroatoms. The van der Waals surface area contributed by atoms with Crippen molar-refractivity contribution < 1.29 is 8.42 Å². The van der Waals surface area contributed by atoms with Crippen LogP contribution in [0.2, 0.25) is 0 Å². The normalized spacial score (nSPS) is 28.2. The number of nitrogens with zero attached hydrogens (tertiary/aromatic N) is 1. The quantitative estimate of drug-likeness (QED) is 0.789. The molecule has 1 heterocycles. The van der Waals surface area contributed by atoms with Crippen LogP contribution >= 0.6 is 11.8 Å². The second-order valence-electron chi connectivity index (χ2n) is 5.49. The van der Waals surface area contributed by atoms with Gasteiger partial charge in [-0.3, -0.25) is 4.90 Å². The fourth-order valence-electron chi connectivity index (χ4n) is 2.72. The van der Waals surface area contributed by atoms with Crippen molar-refractivity contribution in [1.82, 2.24) is 4.90 Å². The van der Waals surface area contributed by atoms with E-state index in [1.165, 1.54) is 12.8 Å². The maximum Gasteiger partial charge on any atom is 0.166 e. The number of hydrogen-bond donors (Lipinski definition) is 1. The van der Waals surface area contributed by atoms with E-state index in [1.54, 1.807) is 18.7 Å². The summed E-state index contributed by atoms with van der Waals surface area (Å²) in [4.78, 5) is 2.21. The minimum Gasteiger partial charge on any atom is -0.330 e. The Morgan fingerprint density at radius 2 is 2.17 bits per heavy atom. The van der Waals surface area contributed by atoms with Crippen molar-refractivity contribution in [1.29, 1.82) is 0 Å². The van der Waals surface area contributed by atoms with Crippen molar-refractivity contribution in [2.24, 2.45) is 11.1 Å². The first-order valence-corrected chi connectivity index (χ1v) is 9.63. The molecule has 1 aliphatic heterocycles. The second kappa shape index (κ2) is 5.69. The van der Waals surface area contributed by atoms with Crippen LogP contribution in [0.4, 0.5) is 0 Å². The monoisotopic (exact) mass is 292 g/mol. The highest BCUT2D eigenvalue weighted by atomic mass is 32.2. The Labute approximate surface area is 115 Å². The average Bonchev–Trinajstić information content (AvgIpc) is 3.10. The van der Waals surface area contributed by atoms with Gasteiger partial charge in [0.05, 0.1) is 0 Å². The van der Waals surface area contributed by atoms with Gasteiger partial charge in [-0.25, -0.2) is 8.42 Å². The number of sulfone groups is 1. The molecule has 2 aliphatic rings. The predicted octanol–water partition coefficient (Wildman–Crippen LogP) is 0.925. The zero-order valence-electron chi connectivity index (χ0n) is 11.1. The van der Waals surface area contributed by atoms with Gasteiger partial charge in [-0.05, 0) is 31.2 Å². The first-order valence-electron chi connectivity index (χ1n) is 6.76. The summed E-state index contributed by atoms with van der Waals surface area (Å²) in [6.45, 7) is 4.29. The van der Waals surface area contributed by atoms with Gasteiger partial charge in [0.1, 0.15) is 5.37 Å². The van der Waals surface area contributed by atoms with Gasteiger partial charge in [0, 0.05) is 30.3 Å². The van der Waals surface area contributed by atoms with Gasteiger partial charge in [0.25, 0.3) is 0 Å². The Balaban J connectivity index is 2.05. The molecule has 1 atom stereocenters. The third kappa shape index (κ3) is 3.21. The molecule has 0 amide bonds. The van der Waals surface area contributed by atoms with E-state index in [-0.39, 0.29) is 11.1 Å². The molecule has 1 unspecified atom stereocenters. The Morgan fingerprint density at radius 3 is 2.72 bits per heavy atom. The average molecular weight is 292 g/mol. The van der Waals surface area contributed by atoms with Crippen LogP contribution in [0.25, 0.3) is 0 Å². The van der Waals surface area contributed by atoms with E-state index in [1.807, 2.05) is 0 Å². The minimum absolute atomic E-state index is 0.249. The number of hydrogen-bond acceptors (Lipinski definition) is 5. The fourth-order valence-corrected chi connectivity index (χ4v) is 5.80. The number of nitrogens with two attached hydrogens (primary N) is 1. The van der Waals surface area contributed by atoms with Crippen LogP contribution < -0.4 is 5.73 Å². The van der Waals surface area contributed by atoms with Crippen LogP contribution in [0.15, 0.2) is 0 Å². The van der Waals surface area contributed by atoms with Crippen molar-refractivity contribution in [3.63, 3.8) is 0 Å². The van der Waals surface area contributed by atoms with Gasteiger partial charge in [0.2, 0.25) is 0 Å². The molecule has 0 aromatic heterocycles. The van der Waals surface area contributed by atoms with E-state index in [2.05, 4.69) is 4.90 Å². The van der Waals surface area contributed by atoms with Crippen LogP contribution in [0.3, 0.4) is 0 Å². The lowest BCUT2D eigenvalue weighted by atomic mass is 10.0. The summed E-state index contributed by atoms with van der Waals surface area (Å²) in [5.41, 5.74) is 6.00. The van der Waals surface area contributed by atoms with Gasteiger partial charge in [-0.15, -0.1) is 0 Å². The lowest BCUT2D eigenvalue weighted by molar-refractivity contribution is 0.210. The standard InChI is InChI=1S/C12H24N2O2S2/c1-2-18(15,16)11-9-17-8-7-14(11)10-12(3-4-12)5-6-13/h11H,2-10,13H2,1H3. The molecule has 1 aliphatic carbocycles. The summed E-state index contributed by atoms with van der Waals surface area (Å²) in [7, 11) is -2.96. The van der Waals surface area contributed by atoms with Gasteiger partial charge >= 0.3 is 0 Å².